The zero-order valence-electron chi connectivity index (χ0n) is 11.1. The first-order valence-corrected chi connectivity index (χ1v) is 7.47. The van der Waals surface area contributed by atoms with Crippen LogP contribution in [0.15, 0.2) is 59.5 Å². The maximum absolute atomic E-state index is 4.11. The van der Waals surface area contributed by atoms with E-state index in [-0.39, 0.29) is 0 Å². The Morgan fingerprint density at radius 3 is 2.95 bits per heavy atom. The third kappa shape index (κ3) is 2.92. The highest BCUT2D eigenvalue weighted by atomic mass is 79.9. The second-order valence-corrected chi connectivity index (χ2v) is 5.57. The number of benzene rings is 1. The molecular weight excluding hydrogens is 314 g/mol. The standard InChI is InChI=1S/C16H16BrN3/c17-15-4-1-5-16-14(15)6-9-20(16)10-8-19-12-13-3-2-7-18-11-13/h1-7,9,11,19H,8,10,12H2. The largest absolute Gasteiger partial charge is 0.346 e. The molecule has 0 saturated heterocycles. The van der Waals surface area contributed by atoms with Crippen LogP contribution in [0.3, 0.4) is 0 Å². The van der Waals surface area contributed by atoms with Crippen LogP contribution in [0.4, 0.5) is 0 Å². The Bertz CT molecular complexity index is 691. The molecule has 0 fully saturated rings. The Morgan fingerprint density at radius 1 is 1.15 bits per heavy atom. The fourth-order valence-corrected chi connectivity index (χ4v) is 2.80. The molecule has 3 nitrogen and oxygen atoms in total. The Labute approximate surface area is 126 Å². The van der Waals surface area contributed by atoms with Crippen LogP contribution >= 0.6 is 15.9 Å². The van der Waals surface area contributed by atoms with Gasteiger partial charge in [-0.1, -0.05) is 28.1 Å². The summed E-state index contributed by atoms with van der Waals surface area (Å²) in [7, 11) is 0. The number of aromatic nitrogens is 2. The Kier molecular flexibility index (Phi) is 4.14. The van der Waals surface area contributed by atoms with Crippen LogP contribution in [0, 0.1) is 0 Å². The minimum atomic E-state index is 0.858. The van der Waals surface area contributed by atoms with Crippen LogP contribution in [-0.2, 0) is 13.1 Å². The lowest BCUT2D eigenvalue weighted by atomic mass is 10.2. The molecular formula is C16H16BrN3. The fraction of sp³-hybridized carbons (Fsp3) is 0.188. The number of hydrogen-bond acceptors (Lipinski definition) is 2. The van der Waals surface area contributed by atoms with Gasteiger partial charge in [-0.05, 0) is 29.8 Å². The molecule has 3 aromatic rings. The molecule has 2 heterocycles. The average Bonchev–Trinajstić information content (AvgIpc) is 2.90. The number of hydrogen-bond donors (Lipinski definition) is 1. The van der Waals surface area contributed by atoms with Crippen molar-refractivity contribution in [2.24, 2.45) is 0 Å². The Hall–Kier alpha value is -1.65. The van der Waals surface area contributed by atoms with Gasteiger partial charge in [-0.25, -0.2) is 0 Å². The van der Waals surface area contributed by atoms with Gasteiger partial charge in [0.1, 0.15) is 0 Å². The van der Waals surface area contributed by atoms with Crippen molar-refractivity contribution < 1.29 is 0 Å². The van der Waals surface area contributed by atoms with Crippen LogP contribution in [0.2, 0.25) is 0 Å². The summed E-state index contributed by atoms with van der Waals surface area (Å²) in [5.41, 5.74) is 2.48. The summed E-state index contributed by atoms with van der Waals surface area (Å²) in [6, 6.07) is 12.5. The van der Waals surface area contributed by atoms with Crippen LogP contribution in [-0.4, -0.2) is 16.1 Å². The summed E-state index contributed by atoms with van der Waals surface area (Å²) in [5, 5.41) is 4.71. The molecule has 102 valence electrons. The first kappa shape index (κ1) is 13.3. The van der Waals surface area contributed by atoms with Crippen LogP contribution in [0.25, 0.3) is 10.9 Å². The van der Waals surface area contributed by atoms with Crippen molar-refractivity contribution in [2.45, 2.75) is 13.1 Å². The van der Waals surface area contributed by atoms with E-state index in [0.717, 1.165) is 24.1 Å². The normalized spacial score (nSPS) is 11.1. The molecule has 1 N–H and O–H groups in total. The molecule has 0 spiro atoms. The van der Waals surface area contributed by atoms with Crippen molar-refractivity contribution in [2.75, 3.05) is 6.54 Å². The molecule has 0 saturated carbocycles. The lowest BCUT2D eigenvalue weighted by Crippen LogP contribution is -2.19. The van der Waals surface area contributed by atoms with E-state index >= 15 is 0 Å². The maximum atomic E-state index is 4.11. The number of fused-ring (bicyclic) bond motifs is 1. The van der Waals surface area contributed by atoms with Crippen molar-refractivity contribution in [3.63, 3.8) is 0 Å². The highest BCUT2D eigenvalue weighted by Gasteiger charge is 2.03. The van der Waals surface area contributed by atoms with E-state index in [9.17, 15) is 0 Å². The Morgan fingerprint density at radius 2 is 2.10 bits per heavy atom. The van der Waals surface area contributed by atoms with E-state index in [4.69, 9.17) is 0 Å². The average molecular weight is 330 g/mol. The zero-order chi connectivity index (χ0) is 13.8. The second kappa shape index (κ2) is 6.20. The molecule has 3 rings (SSSR count). The van der Waals surface area contributed by atoms with Crippen LogP contribution in [0.1, 0.15) is 5.56 Å². The predicted molar refractivity (Wildman–Crippen MR) is 85.6 cm³/mol. The highest BCUT2D eigenvalue weighted by Crippen LogP contribution is 2.24. The van der Waals surface area contributed by atoms with Gasteiger partial charge in [-0.2, -0.15) is 0 Å². The number of rotatable bonds is 5. The van der Waals surface area contributed by atoms with Gasteiger partial charge in [0.25, 0.3) is 0 Å². The van der Waals surface area contributed by atoms with Crippen molar-refractivity contribution in [1.29, 1.82) is 0 Å². The SMILES string of the molecule is Brc1cccc2c1ccn2CCNCc1cccnc1. The topological polar surface area (TPSA) is 29.9 Å². The minimum Gasteiger partial charge on any atom is -0.346 e. The van der Waals surface area contributed by atoms with Gasteiger partial charge in [-0.3, -0.25) is 4.98 Å². The van der Waals surface area contributed by atoms with Gasteiger partial charge in [0.15, 0.2) is 0 Å². The summed E-state index contributed by atoms with van der Waals surface area (Å²) < 4.78 is 3.42. The second-order valence-electron chi connectivity index (χ2n) is 4.72. The van der Waals surface area contributed by atoms with Gasteiger partial charge in [-0.15, -0.1) is 0 Å². The van der Waals surface area contributed by atoms with Crippen molar-refractivity contribution in [1.82, 2.24) is 14.9 Å². The van der Waals surface area contributed by atoms with E-state index in [0.29, 0.717) is 0 Å². The van der Waals surface area contributed by atoms with Gasteiger partial charge < -0.3 is 9.88 Å². The first-order valence-electron chi connectivity index (χ1n) is 6.67. The van der Waals surface area contributed by atoms with Crippen molar-refractivity contribution in [3.8, 4) is 0 Å². The van der Waals surface area contributed by atoms with E-state index < -0.39 is 0 Å². The predicted octanol–water partition coefficient (Wildman–Crippen LogP) is 3.59. The number of halogens is 1. The minimum absolute atomic E-state index is 0.858. The summed E-state index contributed by atoms with van der Waals surface area (Å²) in [4.78, 5) is 4.11. The van der Waals surface area contributed by atoms with E-state index in [2.05, 4.69) is 67.3 Å². The molecule has 1 aromatic carbocycles. The van der Waals surface area contributed by atoms with E-state index in [1.807, 2.05) is 12.3 Å². The smallest absolute Gasteiger partial charge is 0.0492 e. The Balaban J connectivity index is 1.59. The summed E-state index contributed by atoms with van der Waals surface area (Å²) in [6.45, 7) is 2.75. The van der Waals surface area contributed by atoms with Crippen LogP contribution < -0.4 is 5.32 Å². The zero-order valence-corrected chi connectivity index (χ0v) is 12.7. The summed E-state index contributed by atoms with van der Waals surface area (Å²) in [6.07, 6.45) is 5.84. The molecule has 0 aliphatic heterocycles. The van der Waals surface area contributed by atoms with Gasteiger partial charge >= 0.3 is 0 Å². The van der Waals surface area contributed by atoms with E-state index in [1.54, 1.807) is 6.20 Å². The van der Waals surface area contributed by atoms with Crippen molar-refractivity contribution >= 4 is 26.8 Å². The molecule has 0 amide bonds. The maximum Gasteiger partial charge on any atom is 0.0492 e. The number of pyridine rings is 1. The monoisotopic (exact) mass is 329 g/mol. The number of nitrogens with one attached hydrogen (secondary N) is 1. The highest BCUT2D eigenvalue weighted by molar-refractivity contribution is 9.10. The molecule has 0 aliphatic rings. The summed E-state index contributed by atoms with van der Waals surface area (Å²) >= 11 is 3.59. The lowest BCUT2D eigenvalue weighted by Gasteiger charge is -2.07. The van der Waals surface area contributed by atoms with Gasteiger partial charge in [0.05, 0.1) is 0 Å². The first-order chi connectivity index (χ1) is 9.84. The fourth-order valence-electron chi connectivity index (χ4n) is 2.32. The van der Waals surface area contributed by atoms with Gasteiger partial charge in [0, 0.05) is 53.6 Å². The molecule has 0 bridgehead atoms. The summed E-state index contributed by atoms with van der Waals surface area (Å²) in [5.74, 6) is 0. The molecule has 0 radical (unpaired) electrons. The molecule has 2 aromatic heterocycles. The molecule has 0 aliphatic carbocycles. The molecule has 4 heteroatoms. The molecule has 0 unspecified atom stereocenters. The third-order valence-electron chi connectivity index (χ3n) is 3.34. The van der Waals surface area contributed by atoms with Gasteiger partial charge in [0.2, 0.25) is 0 Å². The van der Waals surface area contributed by atoms with E-state index in [1.165, 1.54) is 16.5 Å². The van der Waals surface area contributed by atoms with Crippen molar-refractivity contribution in [3.05, 3.63) is 65.0 Å². The quantitative estimate of drug-likeness (QED) is 0.725. The number of nitrogens with zero attached hydrogens (tertiary/aromatic N) is 2. The molecule has 20 heavy (non-hydrogen) atoms. The lowest BCUT2D eigenvalue weighted by molar-refractivity contribution is 0.608. The molecule has 0 atom stereocenters. The third-order valence-corrected chi connectivity index (χ3v) is 4.03. The van der Waals surface area contributed by atoms with Crippen LogP contribution in [0.5, 0.6) is 0 Å².